The van der Waals surface area contributed by atoms with E-state index in [9.17, 15) is 15.0 Å². The Balaban J connectivity index is 1.55. The van der Waals surface area contributed by atoms with E-state index in [-0.39, 0.29) is 46.2 Å². The molecule has 15 atom stereocenters. The van der Waals surface area contributed by atoms with Gasteiger partial charge in [0.15, 0.2) is 0 Å². The van der Waals surface area contributed by atoms with E-state index >= 15 is 0 Å². The number of carbonyl (C=O) groups excluding carboxylic acids is 1. The summed E-state index contributed by atoms with van der Waals surface area (Å²) in [5.41, 5.74) is -0.453. The van der Waals surface area contributed by atoms with E-state index in [0.717, 1.165) is 25.8 Å². The van der Waals surface area contributed by atoms with Crippen molar-refractivity contribution in [1.82, 2.24) is 0 Å². The predicted molar refractivity (Wildman–Crippen MR) is 146 cm³/mol. The van der Waals surface area contributed by atoms with Gasteiger partial charge in [0, 0.05) is 30.0 Å². The van der Waals surface area contributed by atoms with E-state index in [1.807, 2.05) is 0 Å². The van der Waals surface area contributed by atoms with E-state index in [1.165, 1.54) is 6.42 Å². The van der Waals surface area contributed by atoms with Crippen LogP contribution in [-0.2, 0) is 4.79 Å². The Morgan fingerprint density at radius 3 is 2.36 bits per heavy atom. The van der Waals surface area contributed by atoms with Crippen LogP contribution in [-0.4, -0.2) is 41.0 Å². The number of aliphatic imine (C=N–C) groups is 1. The standard InChI is InChI=1S/C32H51NO3/c1-17-11-22(15-33-14-17)23-10-9-18(2)26-24(23)13-30(6)16-31(7)12-19(3)25(21(5)34)29(36)32(31,8)20(4)27(30)28(26)35/h9-10,15,17-20,22-29,35-36H,11-14,16H2,1-8H3. The summed E-state index contributed by atoms with van der Waals surface area (Å²) < 4.78 is 0. The SMILES string of the molecule is CC(=O)C1C(C)CC2(C)CC3(C)CC4C(C5C=NCC(C)C5)C=CC(C)C4C(O)C3C(C)C2(C)C1O. The normalized spacial score (nSPS) is 58.5. The fourth-order valence-corrected chi connectivity index (χ4v) is 11.2. The van der Waals surface area contributed by atoms with E-state index in [4.69, 9.17) is 4.99 Å². The summed E-state index contributed by atoms with van der Waals surface area (Å²) in [6.07, 6.45) is 10.3. The summed E-state index contributed by atoms with van der Waals surface area (Å²) in [6.45, 7) is 18.7. The number of Topliss-reactive ketones (excluding diaryl/α,β-unsaturated/α-hetero) is 1. The molecule has 1 heterocycles. The van der Waals surface area contributed by atoms with Crippen LogP contribution in [0.1, 0.15) is 81.1 Å². The molecule has 3 saturated carbocycles. The molecule has 15 unspecified atom stereocenters. The molecule has 4 aliphatic carbocycles. The Morgan fingerprint density at radius 2 is 1.72 bits per heavy atom. The zero-order valence-corrected chi connectivity index (χ0v) is 23.9. The van der Waals surface area contributed by atoms with Crippen LogP contribution in [0, 0.1) is 75.4 Å². The first-order valence-corrected chi connectivity index (χ1v) is 14.8. The second kappa shape index (κ2) is 8.76. The van der Waals surface area contributed by atoms with Gasteiger partial charge in [-0.25, -0.2) is 0 Å². The lowest BCUT2D eigenvalue weighted by Crippen LogP contribution is -2.70. The van der Waals surface area contributed by atoms with Crippen molar-refractivity contribution in [2.45, 2.75) is 93.3 Å². The third-order valence-corrected chi connectivity index (χ3v) is 12.8. The first kappa shape index (κ1) is 26.6. The average molecular weight is 498 g/mol. The zero-order valence-electron chi connectivity index (χ0n) is 23.9. The largest absolute Gasteiger partial charge is 0.392 e. The Kier molecular flexibility index (Phi) is 6.48. The van der Waals surface area contributed by atoms with E-state index < -0.39 is 17.6 Å². The van der Waals surface area contributed by atoms with Gasteiger partial charge < -0.3 is 10.2 Å². The maximum Gasteiger partial charge on any atom is 0.135 e. The number of hydrogen-bond donors (Lipinski definition) is 2. The van der Waals surface area contributed by atoms with E-state index in [1.54, 1.807) is 6.92 Å². The lowest BCUT2D eigenvalue weighted by molar-refractivity contribution is -0.267. The summed E-state index contributed by atoms with van der Waals surface area (Å²) in [4.78, 5) is 17.4. The maximum atomic E-state index is 12.7. The summed E-state index contributed by atoms with van der Waals surface area (Å²) >= 11 is 0. The van der Waals surface area contributed by atoms with Gasteiger partial charge in [-0.2, -0.15) is 0 Å². The Hall–Kier alpha value is -1.00. The van der Waals surface area contributed by atoms with Crippen LogP contribution in [0.25, 0.3) is 0 Å². The van der Waals surface area contributed by atoms with Gasteiger partial charge in [-0.05, 0) is 90.8 Å². The van der Waals surface area contributed by atoms with E-state index in [2.05, 4.69) is 66.8 Å². The smallest absolute Gasteiger partial charge is 0.135 e. The molecular formula is C32H51NO3. The van der Waals surface area contributed by atoms with Crippen molar-refractivity contribution in [1.29, 1.82) is 0 Å². The summed E-state index contributed by atoms with van der Waals surface area (Å²) in [7, 11) is 0. The number of aliphatic hydroxyl groups is 2. The van der Waals surface area contributed by atoms with Gasteiger partial charge >= 0.3 is 0 Å². The quantitative estimate of drug-likeness (QED) is 0.473. The molecule has 0 amide bonds. The molecule has 0 spiro atoms. The fraction of sp³-hybridized carbons (Fsp3) is 0.875. The second-order valence-electron chi connectivity index (χ2n) is 15.0. The molecule has 4 nitrogen and oxygen atoms in total. The second-order valence-corrected chi connectivity index (χ2v) is 15.0. The highest BCUT2D eigenvalue weighted by Crippen LogP contribution is 2.72. The molecule has 0 aromatic carbocycles. The number of ketones is 1. The molecule has 3 fully saturated rings. The van der Waals surface area contributed by atoms with Crippen molar-refractivity contribution >= 4 is 12.0 Å². The van der Waals surface area contributed by atoms with Crippen molar-refractivity contribution in [3.05, 3.63) is 12.2 Å². The van der Waals surface area contributed by atoms with E-state index in [0.29, 0.717) is 29.6 Å². The molecular weight excluding hydrogens is 446 g/mol. The van der Waals surface area contributed by atoms with Crippen LogP contribution >= 0.6 is 0 Å². The first-order valence-electron chi connectivity index (χ1n) is 14.8. The van der Waals surface area contributed by atoms with Crippen molar-refractivity contribution in [3.63, 3.8) is 0 Å². The number of carbonyl (C=O) groups is 1. The monoisotopic (exact) mass is 497 g/mol. The van der Waals surface area contributed by atoms with Crippen LogP contribution in [0.3, 0.4) is 0 Å². The van der Waals surface area contributed by atoms with Crippen molar-refractivity contribution in [2.24, 2.45) is 80.4 Å². The average Bonchev–Trinajstić information content (AvgIpc) is 2.76. The first-order chi connectivity index (χ1) is 16.7. The highest BCUT2D eigenvalue weighted by atomic mass is 16.3. The van der Waals surface area contributed by atoms with Crippen LogP contribution < -0.4 is 0 Å². The summed E-state index contributed by atoms with van der Waals surface area (Å²) in [5.74, 6) is 2.81. The van der Waals surface area contributed by atoms with Crippen LogP contribution in [0.15, 0.2) is 17.1 Å². The van der Waals surface area contributed by atoms with Gasteiger partial charge in [0.25, 0.3) is 0 Å². The minimum absolute atomic E-state index is 0.0112. The molecule has 4 heteroatoms. The molecule has 0 aromatic rings. The van der Waals surface area contributed by atoms with Gasteiger partial charge in [-0.15, -0.1) is 0 Å². The molecule has 2 N–H and O–H groups in total. The lowest BCUT2D eigenvalue weighted by atomic mass is 9.34. The predicted octanol–water partition coefficient (Wildman–Crippen LogP) is 5.81. The zero-order chi connectivity index (χ0) is 26.4. The topological polar surface area (TPSA) is 69.9 Å². The van der Waals surface area contributed by atoms with Crippen LogP contribution in [0.4, 0.5) is 0 Å². The molecule has 0 saturated heterocycles. The fourth-order valence-electron chi connectivity index (χ4n) is 11.2. The Morgan fingerprint density at radius 1 is 1.03 bits per heavy atom. The maximum absolute atomic E-state index is 12.7. The van der Waals surface area contributed by atoms with Gasteiger partial charge in [0.1, 0.15) is 5.78 Å². The van der Waals surface area contributed by atoms with Crippen molar-refractivity contribution in [3.8, 4) is 0 Å². The molecule has 5 aliphatic rings. The molecule has 1 aliphatic heterocycles. The van der Waals surface area contributed by atoms with Crippen LogP contribution in [0.2, 0.25) is 0 Å². The summed E-state index contributed by atoms with van der Waals surface area (Å²) in [5, 5.41) is 24.1. The molecule has 0 aromatic heterocycles. The van der Waals surface area contributed by atoms with Gasteiger partial charge in [-0.3, -0.25) is 9.79 Å². The van der Waals surface area contributed by atoms with Gasteiger partial charge in [-0.1, -0.05) is 60.6 Å². The van der Waals surface area contributed by atoms with Gasteiger partial charge in [0.05, 0.1) is 12.2 Å². The molecule has 36 heavy (non-hydrogen) atoms. The number of nitrogens with zero attached hydrogens (tertiary/aromatic N) is 1. The molecule has 202 valence electrons. The highest BCUT2D eigenvalue weighted by molar-refractivity contribution is 5.79. The Labute approximate surface area is 219 Å². The van der Waals surface area contributed by atoms with Gasteiger partial charge in [0.2, 0.25) is 0 Å². The van der Waals surface area contributed by atoms with Crippen LogP contribution in [0.5, 0.6) is 0 Å². The van der Waals surface area contributed by atoms with Crippen molar-refractivity contribution in [2.75, 3.05) is 6.54 Å². The number of fused-ring (bicyclic) bond motifs is 3. The van der Waals surface area contributed by atoms with Crippen molar-refractivity contribution < 1.29 is 15.0 Å². The number of aliphatic hydroxyl groups excluding tert-OH is 2. The molecule has 0 radical (unpaired) electrons. The summed E-state index contributed by atoms with van der Waals surface area (Å²) in [6, 6.07) is 0. The third-order valence-electron chi connectivity index (χ3n) is 12.8. The number of hydrogen-bond acceptors (Lipinski definition) is 4. The minimum atomic E-state index is -0.662. The minimum Gasteiger partial charge on any atom is -0.392 e. The highest BCUT2D eigenvalue weighted by Gasteiger charge is 2.70. The lowest BCUT2D eigenvalue weighted by Gasteiger charge is -2.71. The molecule has 5 rings (SSSR count). The third kappa shape index (κ3) is 3.59. The number of rotatable bonds is 2. The molecule has 0 bridgehead atoms. The number of allylic oxidation sites excluding steroid dienone is 2. The Bertz CT molecular complexity index is 944.